The topological polar surface area (TPSA) is 3.24 Å². The highest BCUT2D eigenvalue weighted by molar-refractivity contribution is 5.14. The highest BCUT2D eigenvalue weighted by Crippen LogP contribution is 1.99. The van der Waals surface area contributed by atoms with E-state index >= 15 is 0 Å². The summed E-state index contributed by atoms with van der Waals surface area (Å²) in [5, 5.41) is 0. The minimum atomic E-state index is 1.03. The maximum absolute atomic E-state index is 3.00. The molecule has 0 N–H and O–H groups in total. The predicted octanol–water partition coefficient (Wildman–Crippen LogP) is 2.55. The van der Waals surface area contributed by atoms with Crippen molar-refractivity contribution in [1.82, 2.24) is 4.90 Å². The van der Waals surface area contributed by atoms with E-state index in [0.29, 0.717) is 0 Å². The number of benzene rings is 1. The van der Waals surface area contributed by atoms with Crippen LogP contribution in [0, 0.1) is 0 Å². The number of hydrogen-bond acceptors (Lipinski definition) is 1. The summed E-state index contributed by atoms with van der Waals surface area (Å²) in [6.07, 6.45) is 0. The van der Waals surface area contributed by atoms with Crippen LogP contribution in [0.4, 0.5) is 0 Å². The Balaban J connectivity index is 0.000000561. The first-order valence-corrected chi connectivity index (χ1v) is 3.97. The van der Waals surface area contributed by atoms with E-state index in [2.05, 4.69) is 56.4 Å². The van der Waals surface area contributed by atoms with Gasteiger partial charge >= 0.3 is 0 Å². The third-order valence-electron chi connectivity index (χ3n) is 1.34. The molecule has 0 amide bonds. The van der Waals surface area contributed by atoms with Gasteiger partial charge in [0, 0.05) is 6.54 Å². The fraction of sp³-hybridized carbons (Fsp3) is 0.273. The summed E-state index contributed by atoms with van der Waals surface area (Å²) < 4.78 is 0. The quantitative estimate of drug-likeness (QED) is 0.606. The molecule has 0 aromatic heterocycles. The molecule has 0 heterocycles. The van der Waals surface area contributed by atoms with Gasteiger partial charge in [-0.1, -0.05) is 30.3 Å². The van der Waals surface area contributed by atoms with E-state index in [4.69, 9.17) is 0 Å². The number of hydrogen-bond donors (Lipinski definition) is 0. The minimum Gasteiger partial charge on any atom is -0.305 e. The molecule has 0 atom stereocenters. The Morgan fingerprint density at radius 2 is 1.58 bits per heavy atom. The third-order valence-corrected chi connectivity index (χ3v) is 1.34. The molecule has 66 valence electrons. The van der Waals surface area contributed by atoms with Gasteiger partial charge in [0.25, 0.3) is 0 Å². The van der Waals surface area contributed by atoms with Crippen LogP contribution in [0.2, 0.25) is 0 Å². The predicted molar refractivity (Wildman–Crippen MR) is 55.1 cm³/mol. The smallest absolute Gasteiger partial charge is 0.0227 e. The summed E-state index contributed by atoms with van der Waals surface area (Å²) >= 11 is 0. The first kappa shape index (κ1) is 10.9. The molecule has 1 rings (SSSR count). The van der Waals surface area contributed by atoms with Crippen LogP contribution in [0.3, 0.4) is 0 Å². The zero-order valence-electron chi connectivity index (χ0n) is 7.96. The molecule has 0 spiro atoms. The maximum Gasteiger partial charge on any atom is 0.0227 e. The second-order valence-electron chi connectivity index (χ2n) is 2.72. The lowest BCUT2D eigenvalue weighted by Gasteiger charge is -2.08. The molecular formula is C11H17N. The fourth-order valence-corrected chi connectivity index (χ4v) is 0.949. The lowest BCUT2D eigenvalue weighted by molar-refractivity contribution is 0.402. The Morgan fingerprint density at radius 3 is 2.00 bits per heavy atom. The van der Waals surface area contributed by atoms with Gasteiger partial charge in [-0.3, -0.25) is 0 Å². The summed E-state index contributed by atoms with van der Waals surface area (Å²) in [6.45, 7) is 7.03. The number of nitrogens with zero attached hydrogens (tertiary/aromatic N) is 1. The van der Waals surface area contributed by atoms with Gasteiger partial charge in [0.1, 0.15) is 0 Å². The lowest BCUT2D eigenvalue weighted by Crippen LogP contribution is -2.10. The first-order valence-electron chi connectivity index (χ1n) is 3.97. The van der Waals surface area contributed by atoms with Gasteiger partial charge < -0.3 is 4.90 Å². The van der Waals surface area contributed by atoms with Crippen molar-refractivity contribution in [2.45, 2.75) is 6.54 Å². The molecule has 0 radical (unpaired) electrons. The molecule has 0 unspecified atom stereocenters. The van der Waals surface area contributed by atoms with Gasteiger partial charge in [0.15, 0.2) is 0 Å². The number of rotatable bonds is 2. The van der Waals surface area contributed by atoms with Crippen molar-refractivity contribution in [2.75, 3.05) is 14.1 Å². The third kappa shape index (κ3) is 4.69. The zero-order valence-corrected chi connectivity index (χ0v) is 7.96. The van der Waals surface area contributed by atoms with Gasteiger partial charge in [-0.2, -0.15) is 0 Å². The zero-order chi connectivity index (χ0) is 9.40. The maximum atomic E-state index is 3.00. The Morgan fingerprint density at radius 1 is 1.08 bits per heavy atom. The van der Waals surface area contributed by atoms with Crippen LogP contribution < -0.4 is 0 Å². The first-order chi connectivity index (χ1) is 5.79. The minimum absolute atomic E-state index is 1.03. The van der Waals surface area contributed by atoms with E-state index in [1.54, 1.807) is 0 Å². The van der Waals surface area contributed by atoms with E-state index in [1.165, 1.54) is 5.56 Å². The van der Waals surface area contributed by atoms with Crippen molar-refractivity contribution in [2.24, 2.45) is 0 Å². The SMILES string of the molecule is C=C.CN(C)Cc1ccccc1. The van der Waals surface area contributed by atoms with E-state index in [0.717, 1.165) is 6.54 Å². The van der Waals surface area contributed by atoms with E-state index in [1.807, 2.05) is 6.07 Å². The molecule has 1 aromatic carbocycles. The monoisotopic (exact) mass is 163 g/mol. The summed E-state index contributed by atoms with van der Waals surface area (Å²) in [6, 6.07) is 10.5. The molecule has 0 aliphatic heterocycles. The van der Waals surface area contributed by atoms with Crippen molar-refractivity contribution >= 4 is 0 Å². The van der Waals surface area contributed by atoms with Gasteiger partial charge in [-0.05, 0) is 19.7 Å². The van der Waals surface area contributed by atoms with Gasteiger partial charge in [0.05, 0.1) is 0 Å². The molecule has 0 saturated heterocycles. The van der Waals surface area contributed by atoms with Crippen molar-refractivity contribution in [3.63, 3.8) is 0 Å². The van der Waals surface area contributed by atoms with E-state index < -0.39 is 0 Å². The largest absolute Gasteiger partial charge is 0.305 e. The van der Waals surface area contributed by atoms with Crippen LogP contribution in [0.1, 0.15) is 5.56 Å². The molecule has 1 nitrogen and oxygen atoms in total. The van der Waals surface area contributed by atoms with Crippen LogP contribution in [0.25, 0.3) is 0 Å². The van der Waals surface area contributed by atoms with Crippen LogP contribution >= 0.6 is 0 Å². The average Bonchev–Trinajstić information content (AvgIpc) is 2.08. The van der Waals surface area contributed by atoms with Crippen LogP contribution in [-0.4, -0.2) is 19.0 Å². The van der Waals surface area contributed by atoms with Crippen molar-refractivity contribution in [3.8, 4) is 0 Å². The van der Waals surface area contributed by atoms with Gasteiger partial charge in [-0.25, -0.2) is 0 Å². The summed E-state index contributed by atoms with van der Waals surface area (Å²) in [7, 11) is 4.15. The molecule has 1 aromatic rings. The Hall–Kier alpha value is -1.08. The highest BCUT2D eigenvalue weighted by Gasteiger charge is 1.90. The van der Waals surface area contributed by atoms with Crippen LogP contribution in [-0.2, 0) is 6.54 Å². The molecule has 0 saturated carbocycles. The molecule has 0 fully saturated rings. The van der Waals surface area contributed by atoms with Crippen molar-refractivity contribution < 1.29 is 0 Å². The Kier molecular flexibility index (Phi) is 6.02. The second kappa shape index (κ2) is 6.62. The van der Waals surface area contributed by atoms with Crippen molar-refractivity contribution in [3.05, 3.63) is 49.1 Å². The molecule has 0 aliphatic carbocycles. The van der Waals surface area contributed by atoms with E-state index in [9.17, 15) is 0 Å². The molecule has 0 bridgehead atoms. The molecule has 12 heavy (non-hydrogen) atoms. The van der Waals surface area contributed by atoms with Crippen LogP contribution in [0.5, 0.6) is 0 Å². The van der Waals surface area contributed by atoms with Gasteiger partial charge in [0.2, 0.25) is 0 Å². The summed E-state index contributed by atoms with van der Waals surface area (Å²) in [5.74, 6) is 0. The molecule has 0 aliphatic rings. The average molecular weight is 163 g/mol. The molecular weight excluding hydrogens is 146 g/mol. The van der Waals surface area contributed by atoms with E-state index in [-0.39, 0.29) is 0 Å². The lowest BCUT2D eigenvalue weighted by atomic mass is 10.2. The van der Waals surface area contributed by atoms with Gasteiger partial charge in [-0.15, -0.1) is 13.2 Å². The van der Waals surface area contributed by atoms with Crippen molar-refractivity contribution in [1.29, 1.82) is 0 Å². The summed E-state index contributed by atoms with van der Waals surface area (Å²) in [5.41, 5.74) is 1.37. The Labute approximate surface area is 75.3 Å². The molecule has 1 heteroatoms. The fourth-order valence-electron chi connectivity index (χ4n) is 0.949. The summed E-state index contributed by atoms with van der Waals surface area (Å²) in [4.78, 5) is 2.16. The second-order valence-corrected chi connectivity index (χ2v) is 2.72. The Bertz CT molecular complexity index is 191. The normalized spacial score (nSPS) is 8.92. The standard InChI is InChI=1S/C9H13N.C2H4/c1-10(2)8-9-6-4-3-5-7-9;1-2/h3-7H,8H2,1-2H3;1-2H2. The van der Waals surface area contributed by atoms with Crippen LogP contribution in [0.15, 0.2) is 43.5 Å². The highest BCUT2D eigenvalue weighted by atomic mass is 15.0.